The maximum Gasteiger partial charge on any atom is 0.247 e. The van der Waals surface area contributed by atoms with Gasteiger partial charge in [-0.3, -0.25) is 4.79 Å². The molecule has 102 valence electrons. The van der Waals surface area contributed by atoms with Gasteiger partial charge in [-0.15, -0.1) is 0 Å². The van der Waals surface area contributed by atoms with Gasteiger partial charge in [-0.25, -0.2) is 0 Å². The number of halogens is 1. The molecule has 0 radical (unpaired) electrons. The molecule has 0 saturated carbocycles. The fraction of sp³-hybridized carbons (Fsp3) is 0.188. The topological polar surface area (TPSA) is 46.3 Å². The summed E-state index contributed by atoms with van der Waals surface area (Å²) in [7, 11) is 0. The summed E-state index contributed by atoms with van der Waals surface area (Å²) in [6.45, 7) is 2.01. The van der Waals surface area contributed by atoms with Gasteiger partial charge in [0.15, 0.2) is 0 Å². The fourth-order valence-corrected chi connectivity index (χ4v) is 2.80. The molecule has 1 aliphatic heterocycles. The minimum absolute atomic E-state index is 0.0706. The summed E-state index contributed by atoms with van der Waals surface area (Å²) in [5, 5.41) is 0.637. The number of aryl methyl sites for hydroxylation is 1. The summed E-state index contributed by atoms with van der Waals surface area (Å²) in [6, 6.07) is 14.6. The van der Waals surface area contributed by atoms with E-state index in [4.69, 9.17) is 17.3 Å². The average molecular weight is 287 g/mol. The molecule has 3 rings (SSSR count). The third-order valence-electron chi connectivity index (χ3n) is 3.68. The molecule has 2 aromatic carbocycles. The number of hydrogen-bond donors (Lipinski definition) is 1. The zero-order chi connectivity index (χ0) is 14.3. The van der Waals surface area contributed by atoms with Gasteiger partial charge < -0.3 is 10.6 Å². The van der Waals surface area contributed by atoms with Crippen molar-refractivity contribution < 1.29 is 4.79 Å². The zero-order valence-electron chi connectivity index (χ0n) is 11.1. The van der Waals surface area contributed by atoms with Crippen LogP contribution < -0.4 is 10.6 Å². The molecule has 4 heteroatoms. The van der Waals surface area contributed by atoms with E-state index in [9.17, 15) is 4.79 Å². The first-order valence-electron chi connectivity index (χ1n) is 6.49. The molecule has 2 aromatic rings. The molecule has 1 aliphatic rings. The molecule has 0 aromatic heterocycles. The molecule has 1 saturated heterocycles. The summed E-state index contributed by atoms with van der Waals surface area (Å²) in [5.41, 5.74) is 8.87. The fourth-order valence-electron chi connectivity index (χ4n) is 2.55. The predicted molar refractivity (Wildman–Crippen MR) is 80.8 cm³/mol. The zero-order valence-corrected chi connectivity index (χ0v) is 11.8. The van der Waals surface area contributed by atoms with Gasteiger partial charge in [0.1, 0.15) is 6.04 Å². The normalized spacial score (nSPS) is 21.8. The summed E-state index contributed by atoms with van der Waals surface area (Å²) >= 11 is 6.23. The maximum absolute atomic E-state index is 12.1. The molecular formula is C16H15ClN2O. The summed E-state index contributed by atoms with van der Waals surface area (Å²) in [5.74, 6) is -0.0706. The van der Waals surface area contributed by atoms with Gasteiger partial charge in [0, 0.05) is 10.7 Å². The van der Waals surface area contributed by atoms with Crippen LogP contribution in [0.4, 0.5) is 5.69 Å². The van der Waals surface area contributed by atoms with Crippen LogP contribution in [0.3, 0.4) is 0 Å². The first-order chi connectivity index (χ1) is 9.59. The van der Waals surface area contributed by atoms with Crippen molar-refractivity contribution in [3.05, 3.63) is 64.7 Å². The van der Waals surface area contributed by atoms with Crippen LogP contribution in [0.15, 0.2) is 48.5 Å². The first-order valence-corrected chi connectivity index (χ1v) is 6.87. The number of carbonyl (C=O) groups excluding carboxylic acids is 1. The second kappa shape index (κ2) is 4.93. The Balaban J connectivity index is 2.00. The smallest absolute Gasteiger partial charge is 0.247 e. The molecule has 2 unspecified atom stereocenters. The Kier molecular flexibility index (Phi) is 3.24. The Bertz CT molecular complexity index is 654. The van der Waals surface area contributed by atoms with Gasteiger partial charge in [-0.1, -0.05) is 47.5 Å². The number of carbonyl (C=O) groups is 1. The van der Waals surface area contributed by atoms with E-state index in [1.807, 2.05) is 55.5 Å². The largest absolute Gasteiger partial charge is 0.318 e. The van der Waals surface area contributed by atoms with E-state index in [1.165, 1.54) is 0 Å². The summed E-state index contributed by atoms with van der Waals surface area (Å²) < 4.78 is 0. The van der Waals surface area contributed by atoms with Gasteiger partial charge in [0.05, 0.1) is 6.04 Å². The lowest BCUT2D eigenvalue weighted by Gasteiger charge is -2.45. The van der Waals surface area contributed by atoms with Crippen LogP contribution in [0.1, 0.15) is 17.2 Å². The highest BCUT2D eigenvalue weighted by Gasteiger charge is 2.47. The van der Waals surface area contributed by atoms with Gasteiger partial charge >= 0.3 is 0 Å². The van der Waals surface area contributed by atoms with E-state index in [0.717, 1.165) is 16.8 Å². The van der Waals surface area contributed by atoms with Gasteiger partial charge in [0.2, 0.25) is 5.91 Å². The number of amides is 1. The minimum atomic E-state index is -0.531. The third kappa shape index (κ3) is 1.99. The van der Waals surface area contributed by atoms with Gasteiger partial charge in [-0.05, 0) is 30.7 Å². The van der Waals surface area contributed by atoms with Crippen LogP contribution >= 0.6 is 11.6 Å². The Morgan fingerprint density at radius 2 is 1.75 bits per heavy atom. The second-order valence-electron chi connectivity index (χ2n) is 5.04. The van der Waals surface area contributed by atoms with E-state index in [0.29, 0.717) is 5.02 Å². The van der Waals surface area contributed by atoms with Crippen molar-refractivity contribution >= 4 is 23.2 Å². The van der Waals surface area contributed by atoms with Crippen LogP contribution in [0.2, 0.25) is 5.02 Å². The van der Waals surface area contributed by atoms with Crippen molar-refractivity contribution in [3.8, 4) is 0 Å². The molecule has 2 N–H and O–H groups in total. The van der Waals surface area contributed by atoms with Crippen molar-refractivity contribution in [2.45, 2.75) is 19.0 Å². The molecular weight excluding hydrogens is 272 g/mol. The molecule has 1 heterocycles. The summed E-state index contributed by atoms with van der Waals surface area (Å²) in [6.07, 6.45) is 0. The molecule has 3 nitrogen and oxygen atoms in total. The molecule has 1 amide bonds. The molecule has 0 bridgehead atoms. The standard InChI is InChI=1S/C16H15ClN2O/c1-10-6-8-11(9-7-10)19-15(14(18)16(19)20)12-4-2-3-5-13(12)17/h2-9,14-15H,18H2,1H3. The van der Waals surface area contributed by atoms with E-state index >= 15 is 0 Å². The van der Waals surface area contributed by atoms with E-state index in [-0.39, 0.29) is 11.9 Å². The Labute approximate surface area is 123 Å². The maximum atomic E-state index is 12.1. The van der Waals surface area contributed by atoms with Crippen molar-refractivity contribution in [2.24, 2.45) is 5.73 Å². The highest BCUT2D eigenvalue weighted by molar-refractivity contribution is 6.31. The Morgan fingerprint density at radius 3 is 2.40 bits per heavy atom. The van der Waals surface area contributed by atoms with Crippen LogP contribution in [-0.4, -0.2) is 11.9 Å². The molecule has 20 heavy (non-hydrogen) atoms. The lowest BCUT2D eigenvalue weighted by atomic mass is 9.88. The lowest BCUT2D eigenvalue weighted by Crippen LogP contribution is -2.63. The summed E-state index contributed by atoms with van der Waals surface area (Å²) in [4.78, 5) is 13.8. The minimum Gasteiger partial charge on any atom is -0.318 e. The van der Waals surface area contributed by atoms with Crippen molar-refractivity contribution in [1.82, 2.24) is 0 Å². The number of hydrogen-bond acceptors (Lipinski definition) is 2. The molecule has 1 fully saturated rings. The Hall–Kier alpha value is -1.84. The Morgan fingerprint density at radius 1 is 1.10 bits per heavy atom. The van der Waals surface area contributed by atoms with E-state index < -0.39 is 6.04 Å². The number of anilines is 1. The monoisotopic (exact) mass is 286 g/mol. The van der Waals surface area contributed by atoms with E-state index in [2.05, 4.69) is 0 Å². The number of nitrogens with two attached hydrogens (primary N) is 1. The SMILES string of the molecule is Cc1ccc(N2C(=O)C(N)C2c2ccccc2Cl)cc1. The first kappa shape index (κ1) is 13.2. The van der Waals surface area contributed by atoms with Crippen molar-refractivity contribution in [2.75, 3.05) is 4.90 Å². The number of rotatable bonds is 2. The number of benzene rings is 2. The molecule has 2 atom stereocenters. The van der Waals surface area contributed by atoms with Gasteiger partial charge in [-0.2, -0.15) is 0 Å². The van der Waals surface area contributed by atoms with Crippen molar-refractivity contribution in [3.63, 3.8) is 0 Å². The number of β-lactam (4-membered cyclic amide) rings is 1. The molecule has 0 aliphatic carbocycles. The lowest BCUT2D eigenvalue weighted by molar-refractivity contribution is -0.126. The second-order valence-corrected chi connectivity index (χ2v) is 5.44. The third-order valence-corrected chi connectivity index (χ3v) is 4.02. The predicted octanol–water partition coefficient (Wildman–Crippen LogP) is 3.06. The quantitative estimate of drug-likeness (QED) is 0.863. The highest BCUT2D eigenvalue weighted by Crippen LogP contribution is 2.40. The van der Waals surface area contributed by atoms with Crippen LogP contribution in [0, 0.1) is 6.92 Å². The van der Waals surface area contributed by atoms with Crippen LogP contribution in [-0.2, 0) is 4.79 Å². The average Bonchev–Trinajstić information content (AvgIpc) is 2.46. The van der Waals surface area contributed by atoms with Crippen molar-refractivity contribution in [1.29, 1.82) is 0 Å². The van der Waals surface area contributed by atoms with Gasteiger partial charge in [0.25, 0.3) is 0 Å². The van der Waals surface area contributed by atoms with E-state index in [1.54, 1.807) is 4.90 Å². The van der Waals surface area contributed by atoms with Crippen LogP contribution in [0.25, 0.3) is 0 Å². The van der Waals surface area contributed by atoms with Crippen LogP contribution in [0.5, 0.6) is 0 Å². The highest BCUT2D eigenvalue weighted by atomic mass is 35.5. The number of nitrogens with zero attached hydrogens (tertiary/aromatic N) is 1. The molecule has 0 spiro atoms.